The minimum atomic E-state index is -0.990. The summed E-state index contributed by atoms with van der Waals surface area (Å²) < 4.78 is 0. The fraction of sp³-hybridized carbons (Fsp3) is 0.750. The van der Waals surface area contributed by atoms with Crippen LogP contribution in [-0.2, 0) is 4.79 Å². The molecule has 48 valence electrons. The van der Waals surface area contributed by atoms with Crippen LogP contribution in [0.25, 0.3) is 0 Å². The van der Waals surface area contributed by atoms with Crippen molar-refractivity contribution >= 4 is 33.7 Å². The quantitative estimate of drug-likeness (QED) is 0.466. The fourth-order valence-corrected chi connectivity index (χ4v) is 1.32. The molecule has 0 fully saturated rings. The zero-order valence-corrected chi connectivity index (χ0v) is 6.63. The minimum absolute atomic E-state index is 0.103. The van der Waals surface area contributed by atoms with Crippen LogP contribution in [-0.4, -0.2) is 22.8 Å². The Morgan fingerprint density at radius 2 is 2.38 bits per heavy atom. The van der Waals surface area contributed by atoms with E-state index in [0.29, 0.717) is 0 Å². The lowest BCUT2D eigenvalue weighted by molar-refractivity contribution is -0.301. The smallest absolute Gasteiger partial charge is 0.0513 e. The van der Waals surface area contributed by atoms with Gasteiger partial charge in [-0.3, -0.25) is 0 Å². The van der Waals surface area contributed by atoms with E-state index < -0.39 is 5.97 Å². The molecule has 0 aromatic rings. The lowest BCUT2D eigenvalue weighted by Crippen LogP contribution is -2.24. The molecule has 0 aliphatic heterocycles. The van der Waals surface area contributed by atoms with Crippen LogP contribution in [0.5, 0.6) is 0 Å². The van der Waals surface area contributed by atoms with Gasteiger partial charge in [0.2, 0.25) is 0 Å². The van der Waals surface area contributed by atoms with Crippen molar-refractivity contribution in [1.82, 2.24) is 0 Å². The molecule has 0 aromatic heterocycles. The van der Waals surface area contributed by atoms with Crippen LogP contribution in [0.4, 0.5) is 0 Å². The normalized spacial score (nSPS) is 9.12. The molecule has 0 unspecified atom stereocenters. The summed E-state index contributed by atoms with van der Waals surface area (Å²) in [6.45, 7) is 0. The predicted octanol–water partition coefficient (Wildman–Crippen LogP) is -0.136. The van der Waals surface area contributed by atoms with E-state index >= 15 is 0 Å². The number of thioether (sulfide) groups is 1. The fourth-order valence-electron chi connectivity index (χ4n) is 0.210. The topological polar surface area (TPSA) is 40.1 Å². The molecule has 0 saturated heterocycles. The maximum absolute atomic E-state index is 9.73. The first-order valence-corrected chi connectivity index (χ1v) is 4.38. The second-order valence-corrected chi connectivity index (χ2v) is 3.01. The maximum atomic E-state index is 9.73. The summed E-state index contributed by atoms with van der Waals surface area (Å²) in [7, 11) is 0. The summed E-state index contributed by atoms with van der Waals surface area (Å²) in [6.07, 6.45) is 0. The van der Waals surface area contributed by atoms with E-state index in [9.17, 15) is 9.90 Å². The Hall–Kier alpha value is 0.300. The highest BCUT2D eigenvalue weighted by Gasteiger charge is 1.84. The number of halogens is 1. The second-order valence-electron chi connectivity index (χ2n) is 1.11. The molecule has 0 spiro atoms. The highest BCUT2D eigenvalue weighted by molar-refractivity contribution is 9.09. The van der Waals surface area contributed by atoms with Crippen LogP contribution >= 0.6 is 27.7 Å². The number of carbonyl (C=O) groups is 1. The number of carboxylic acid groups (broad SMARTS) is 1. The zero-order valence-electron chi connectivity index (χ0n) is 4.22. The Morgan fingerprint density at radius 3 is 2.75 bits per heavy atom. The average molecular weight is 198 g/mol. The SMILES string of the molecule is O=C([O-])CSCCBr. The minimum Gasteiger partial charge on any atom is -0.549 e. The van der Waals surface area contributed by atoms with Crippen LogP contribution in [0.2, 0.25) is 0 Å². The largest absolute Gasteiger partial charge is 0.549 e. The molecule has 0 atom stereocenters. The molecule has 0 radical (unpaired) electrons. The Labute approximate surface area is 60.8 Å². The number of alkyl halides is 1. The molecule has 0 aliphatic carbocycles. The summed E-state index contributed by atoms with van der Waals surface area (Å²) in [5.74, 6) is -0.0597. The number of hydrogen-bond donors (Lipinski definition) is 0. The number of carboxylic acids is 1. The van der Waals surface area contributed by atoms with Crippen LogP contribution in [0.15, 0.2) is 0 Å². The number of rotatable bonds is 4. The van der Waals surface area contributed by atoms with Gasteiger partial charge in [-0.25, -0.2) is 0 Å². The predicted molar refractivity (Wildman–Crippen MR) is 36.1 cm³/mol. The third kappa shape index (κ3) is 6.30. The third-order valence-electron chi connectivity index (χ3n) is 0.441. The first kappa shape index (κ1) is 8.30. The molecule has 8 heavy (non-hydrogen) atoms. The van der Waals surface area contributed by atoms with Crippen LogP contribution < -0.4 is 5.11 Å². The molecule has 0 aliphatic rings. The van der Waals surface area contributed by atoms with E-state index in [1.54, 1.807) is 0 Å². The van der Waals surface area contributed by atoms with Gasteiger partial charge in [0.1, 0.15) is 0 Å². The molecule has 0 rings (SSSR count). The van der Waals surface area contributed by atoms with Gasteiger partial charge in [0, 0.05) is 16.8 Å². The van der Waals surface area contributed by atoms with E-state index in [1.165, 1.54) is 11.8 Å². The van der Waals surface area contributed by atoms with Gasteiger partial charge in [-0.05, 0) is 0 Å². The van der Waals surface area contributed by atoms with Gasteiger partial charge in [-0.2, -0.15) is 11.8 Å². The van der Waals surface area contributed by atoms with Crippen LogP contribution in [0.3, 0.4) is 0 Å². The summed E-state index contributed by atoms with van der Waals surface area (Å²) >= 11 is 4.52. The van der Waals surface area contributed by atoms with Crippen molar-refractivity contribution < 1.29 is 9.90 Å². The summed E-state index contributed by atoms with van der Waals surface area (Å²) in [5, 5.41) is 10.6. The Kier molecular flexibility index (Phi) is 5.64. The van der Waals surface area contributed by atoms with Gasteiger partial charge in [-0.1, -0.05) is 15.9 Å². The molecule has 0 heterocycles. The highest BCUT2D eigenvalue weighted by atomic mass is 79.9. The van der Waals surface area contributed by atoms with E-state index in [2.05, 4.69) is 15.9 Å². The monoisotopic (exact) mass is 197 g/mol. The number of hydrogen-bond acceptors (Lipinski definition) is 3. The van der Waals surface area contributed by atoms with Gasteiger partial charge in [0.15, 0.2) is 0 Å². The summed E-state index contributed by atoms with van der Waals surface area (Å²) in [5.41, 5.74) is 0. The lowest BCUT2D eigenvalue weighted by atomic mass is 10.8. The molecule has 0 saturated carbocycles. The number of aliphatic carboxylic acids is 1. The van der Waals surface area contributed by atoms with Gasteiger partial charge in [-0.15, -0.1) is 0 Å². The summed E-state index contributed by atoms with van der Waals surface area (Å²) in [4.78, 5) is 9.73. The first-order chi connectivity index (χ1) is 3.77. The van der Waals surface area contributed by atoms with Gasteiger partial charge < -0.3 is 9.90 Å². The van der Waals surface area contributed by atoms with E-state index in [1.807, 2.05) is 0 Å². The van der Waals surface area contributed by atoms with Gasteiger partial charge >= 0.3 is 0 Å². The van der Waals surface area contributed by atoms with Crippen molar-refractivity contribution in [2.45, 2.75) is 0 Å². The standard InChI is InChI=1S/C4H7BrO2S/c5-1-2-8-3-4(6)7/h1-3H2,(H,6,7)/p-1. The van der Waals surface area contributed by atoms with Crippen molar-refractivity contribution in [1.29, 1.82) is 0 Å². The van der Waals surface area contributed by atoms with E-state index in [-0.39, 0.29) is 5.75 Å². The van der Waals surface area contributed by atoms with Crippen LogP contribution in [0.1, 0.15) is 0 Å². The molecule has 2 nitrogen and oxygen atoms in total. The molecule has 0 N–H and O–H groups in total. The third-order valence-corrected chi connectivity index (χ3v) is 2.30. The molecule has 0 aromatic carbocycles. The molecule has 0 amide bonds. The first-order valence-electron chi connectivity index (χ1n) is 2.11. The van der Waals surface area contributed by atoms with Crippen molar-refractivity contribution in [3.05, 3.63) is 0 Å². The van der Waals surface area contributed by atoms with E-state index in [0.717, 1.165) is 11.1 Å². The maximum Gasteiger partial charge on any atom is 0.0513 e. The van der Waals surface area contributed by atoms with Crippen LogP contribution in [0, 0.1) is 0 Å². The second kappa shape index (κ2) is 5.44. The average Bonchev–Trinajstić information content (AvgIpc) is 1.66. The van der Waals surface area contributed by atoms with Crippen molar-refractivity contribution in [2.75, 3.05) is 16.8 Å². The van der Waals surface area contributed by atoms with Gasteiger partial charge in [0.05, 0.1) is 5.97 Å². The van der Waals surface area contributed by atoms with Gasteiger partial charge in [0.25, 0.3) is 0 Å². The molecule has 4 heteroatoms. The molecular formula is C4H6BrO2S-. The number of carbonyl (C=O) groups excluding carboxylic acids is 1. The molecule has 0 bridgehead atoms. The summed E-state index contributed by atoms with van der Waals surface area (Å²) in [6, 6.07) is 0. The lowest BCUT2D eigenvalue weighted by Gasteiger charge is -1.97. The Bertz CT molecular complexity index is 76.4. The van der Waals surface area contributed by atoms with Crippen molar-refractivity contribution in [3.8, 4) is 0 Å². The van der Waals surface area contributed by atoms with Crippen molar-refractivity contribution in [2.24, 2.45) is 0 Å². The highest BCUT2D eigenvalue weighted by Crippen LogP contribution is 1.98. The van der Waals surface area contributed by atoms with Crippen molar-refractivity contribution in [3.63, 3.8) is 0 Å². The molecular weight excluding hydrogens is 192 g/mol. The zero-order chi connectivity index (χ0) is 6.41. The van der Waals surface area contributed by atoms with E-state index in [4.69, 9.17) is 0 Å². The Balaban J connectivity index is 2.82. The Morgan fingerprint density at radius 1 is 1.75 bits per heavy atom.